The van der Waals surface area contributed by atoms with Crippen molar-refractivity contribution in [2.45, 2.75) is 51.1 Å². The highest BCUT2D eigenvalue weighted by Crippen LogP contribution is 2.42. The van der Waals surface area contributed by atoms with Crippen LogP contribution in [0.1, 0.15) is 38.2 Å². The van der Waals surface area contributed by atoms with E-state index in [1.165, 1.54) is 36.9 Å². The fourth-order valence-electron chi connectivity index (χ4n) is 3.27. The molecule has 2 fully saturated rings. The van der Waals surface area contributed by atoms with E-state index in [4.69, 9.17) is 0 Å². The van der Waals surface area contributed by atoms with Crippen molar-refractivity contribution in [3.8, 4) is 0 Å². The highest BCUT2D eigenvalue weighted by molar-refractivity contribution is 5.48. The fourth-order valence-corrected chi connectivity index (χ4v) is 3.27. The van der Waals surface area contributed by atoms with Crippen LogP contribution in [0.3, 0.4) is 0 Å². The molecule has 2 aliphatic rings. The SMILES string of the molecule is CCN(CC(CO)(NC1CC1)C1CC1)c1ccc(C)cc1. The molecule has 1 aromatic rings. The van der Waals surface area contributed by atoms with E-state index in [0.29, 0.717) is 12.0 Å². The molecule has 21 heavy (non-hydrogen) atoms. The number of hydrogen-bond acceptors (Lipinski definition) is 3. The van der Waals surface area contributed by atoms with Crippen LogP contribution in [0.25, 0.3) is 0 Å². The van der Waals surface area contributed by atoms with Crippen LogP contribution in [0.4, 0.5) is 5.69 Å². The number of aryl methyl sites for hydroxylation is 1. The van der Waals surface area contributed by atoms with Crippen LogP contribution < -0.4 is 10.2 Å². The van der Waals surface area contributed by atoms with Crippen molar-refractivity contribution >= 4 is 5.69 Å². The summed E-state index contributed by atoms with van der Waals surface area (Å²) in [7, 11) is 0. The predicted molar refractivity (Wildman–Crippen MR) is 87.8 cm³/mol. The molecule has 0 heterocycles. The van der Waals surface area contributed by atoms with Gasteiger partial charge in [0.15, 0.2) is 0 Å². The zero-order chi connectivity index (χ0) is 14.9. The normalized spacial score (nSPS) is 21.1. The Hall–Kier alpha value is -1.06. The largest absolute Gasteiger partial charge is 0.394 e. The smallest absolute Gasteiger partial charge is 0.0633 e. The molecule has 0 spiro atoms. The summed E-state index contributed by atoms with van der Waals surface area (Å²) in [6, 6.07) is 9.37. The number of hydrogen-bond donors (Lipinski definition) is 2. The highest BCUT2D eigenvalue weighted by atomic mass is 16.3. The van der Waals surface area contributed by atoms with Gasteiger partial charge in [0.25, 0.3) is 0 Å². The van der Waals surface area contributed by atoms with Crippen LogP contribution in [0, 0.1) is 12.8 Å². The van der Waals surface area contributed by atoms with Crippen molar-refractivity contribution in [3.05, 3.63) is 29.8 Å². The van der Waals surface area contributed by atoms with Gasteiger partial charge in [0.2, 0.25) is 0 Å². The summed E-state index contributed by atoms with van der Waals surface area (Å²) in [5, 5.41) is 13.9. The first-order chi connectivity index (χ1) is 10.2. The number of aliphatic hydroxyl groups excluding tert-OH is 1. The van der Waals surface area contributed by atoms with Crippen LogP contribution in [0.5, 0.6) is 0 Å². The predicted octanol–water partition coefficient (Wildman–Crippen LogP) is 2.71. The molecule has 116 valence electrons. The molecule has 3 nitrogen and oxygen atoms in total. The second-order valence-electron chi connectivity index (χ2n) is 6.86. The van der Waals surface area contributed by atoms with E-state index in [-0.39, 0.29) is 12.1 Å². The van der Waals surface area contributed by atoms with Gasteiger partial charge in [-0.05, 0) is 57.6 Å². The number of anilines is 1. The molecular weight excluding hydrogens is 260 g/mol. The third-order valence-electron chi connectivity index (χ3n) is 4.96. The molecule has 0 bridgehead atoms. The molecule has 0 amide bonds. The van der Waals surface area contributed by atoms with Crippen molar-refractivity contribution in [2.24, 2.45) is 5.92 Å². The van der Waals surface area contributed by atoms with Crippen LogP contribution in [-0.4, -0.2) is 36.4 Å². The van der Waals surface area contributed by atoms with Gasteiger partial charge < -0.3 is 15.3 Å². The van der Waals surface area contributed by atoms with E-state index in [9.17, 15) is 5.11 Å². The minimum absolute atomic E-state index is 0.109. The van der Waals surface area contributed by atoms with Gasteiger partial charge in [-0.2, -0.15) is 0 Å². The molecule has 3 rings (SSSR count). The van der Waals surface area contributed by atoms with Gasteiger partial charge in [-0.1, -0.05) is 17.7 Å². The minimum atomic E-state index is -0.109. The van der Waals surface area contributed by atoms with Gasteiger partial charge in [-0.15, -0.1) is 0 Å². The molecule has 1 aromatic carbocycles. The Balaban J connectivity index is 1.77. The first-order valence-electron chi connectivity index (χ1n) is 8.37. The topological polar surface area (TPSA) is 35.5 Å². The van der Waals surface area contributed by atoms with Gasteiger partial charge in [0, 0.05) is 24.8 Å². The maximum atomic E-state index is 10.1. The van der Waals surface area contributed by atoms with Crippen molar-refractivity contribution < 1.29 is 5.11 Å². The Morgan fingerprint density at radius 1 is 1.19 bits per heavy atom. The van der Waals surface area contributed by atoms with Crippen LogP contribution in [0.2, 0.25) is 0 Å². The van der Waals surface area contributed by atoms with Crippen LogP contribution >= 0.6 is 0 Å². The molecule has 2 aliphatic carbocycles. The van der Waals surface area contributed by atoms with Gasteiger partial charge >= 0.3 is 0 Å². The van der Waals surface area contributed by atoms with E-state index in [1.54, 1.807) is 0 Å². The summed E-state index contributed by atoms with van der Waals surface area (Å²) >= 11 is 0. The van der Waals surface area contributed by atoms with E-state index in [1.807, 2.05) is 0 Å². The molecule has 0 aliphatic heterocycles. The van der Waals surface area contributed by atoms with Gasteiger partial charge in [0.1, 0.15) is 0 Å². The molecule has 1 atom stereocenters. The Labute approximate surface area is 128 Å². The Morgan fingerprint density at radius 2 is 1.86 bits per heavy atom. The number of rotatable bonds is 8. The second-order valence-corrected chi connectivity index (χ2v) is 6.86. The Kier molecular flexibility index (Phi) is 4.23. The first kappa shape index (κ1) is 14.9. The lowest BCUT2D eigenvalue weighted by Crippen LogP contribution is -2.59. The van der Waals surface area contributed by atoms with Crippen molar-refractivity contribution in [1.29, 1.82) is 0 Å². The summed E-state index contributed by atoms with van der Waals surface area (Å²) in [5.41, 5.74) is 2.45. The number of nitrogens with one attached hydrogen (secondary N) is 1. The standard InChI is InChI=1S/C18H28N2O/c1-3-20(17-10-4-14(2)5-11-17)12-18(13-21,15-6-7-15)19-16-8-9-16/h4-5,10-11,15-16,19,21H,3,6-9,12-13H2,1-2H3. The van der Waals surface area contributed by atoms with E-state index < -0.39 is 0 Å². The van der Waals surface area contributed by atoms with Crippen LogP contribution in [-0.2, 0) is 0 Å². The Morgan fingerprint density at radius 3 is 2.33 bits per heavy atom. The number of nitrogens with zero attached hydrogens (tertiary/aromatic N) is 1. The molecule has 2 N–H and O–H groups in total. The lowest BCUT2D eigenvalue weighted by molar-refractivity contribution is 0.142. The second kappa shape index (κ2) is 5.98. The Bertz CT molecular complexity index is 465. The number of aliphatic hydroxyl groups is 1. The molecule has 0 radical (unpaired) electrons. The third kappa shape index (κ3) is 3.41. The quantitative estimate of drug-likeness (QED) is 0.772. The van der Waals surface area contributed by atoms with Crippen LogP contribution in [0.15, 0.2) is 24.3 Å². The van der Waals surface area contributed by atoms with E-state index in [0.717, 1.165) is 13.1 Å². The average Bonchev–Trinajstić information content (AvgIpc) is 3.38. The van der Waals surface area contributed by atoms with Crippen molar-refractivity contribution in [3.63, 3.8) is 0 Å². The third-order valence-corrected chi connectivity index (χ3v) is 4.96. The maximum Gasteiger partial charge on any atom is 0.0633 e. The maximum absolute atomic E-state index is 10.1. The highest BCUT2D eigenvalue weighted by Gasteiger charge is 2.48. The zero-order valence-corrected chi connectivity index (χ0v) is 13.3. The fraction of sp³-hybridized carbons (Fsp3) is 0.667. The molecular formula is C18H28N2O. The van der Waals surface area contributed by atoms with Crippen molar-refractivity contribution in [1.82, 2.24) is 5.32 Å². The lowest BCUT2D eigenvalue weighted by Gasteiger charge is -2.39. The molecule has 0 saturated heterocycles. The number of likely N-dealkylation sites (N-methyl/N-ethyl adjacent to an activating group) is 1. The summed E-state index contributed by atoms with van der Waals surface area (Å²) in [6.07, 6.45) is 5.05. The van der Waals surface area contributed by atoms with Gasteiger partial charge in [-0.25, -0.2) is 0 Å². The monoisotopic (exact) mass is 288 g/mol. The number of benzene rings is 1. The van der Waals surface area contributed by atoms with Gasteiger partial charge in [-0.3, -0.25) is 0 Å². The zero-order valence-electron chi connectivity index (χ0n) is 13.3. The molecule has 0 aromatic heterocycles. The molecule has 1 unspecified atom stereocenters. The first-order valence-corrected chi connectivity index (χ1v) is 8.37. The summed E-state index contributed by atoms with van der Waals surface area (Å²) < 4.78 is 0. The van der Waals surface area contributed by atoms with Crippen molar-refractivity contribution in [2.75, 3.05) is 24.6 Å². The average molecular weight is 288 g/mol. The van der Waals surface area contributed by atoms with E-state index in [2.05, 4.69) is 48.3 Å². The van der Waals surface area contributed by atoms with Gasteiger partial charge in [0.05, 0.1) is 12.1 Å². The summed E-state index contributed by atoms with van der Waals surface area (Å²) in [6.45, 7) is 6.45. The molecule has 3 heteroatoms. The van der Waals surface area contributed by atoms with E-state index >= 15 is 0 Å². The lowest BCUT2D eigenvalue weighted by atomic mass is 9.92. The summed E-state index contributed by atoms with van der Waals surface area (Å²) in [4.78, 5) is 2.41. The summed E-state index contributed by atoms with van der Waals surface area (Å²) in [5.74, 6) is 0.641. The minimum Gasteiger partial charge on any atom is -0.394 e. The molecule has 2 saturated carbocycles.